The van der Waals surface area contributed by atoms with E-state index in [0.29, 0.717) is 49.6 Å². The van der Waals surface area contributed by atoms with Crippen LogP contribution in [0.2, 0.25) is 0 Å². The smallest absolute Gasteiger partial charge is 0.280 e. The molecule has 1 saturated heterocycles. The number of hydrogen-bond acceptors (Lipinski definition) is 5. The molecule has 0 spiro atoms. The molecule has 36 heavy (non-hydrogen) atoms. The molecular formula is C26H24F3N5O2. The van der Waals surface area contributed by atoms with E-state index in [2.05, 4.69) is 15.0 Å². The molecular weight excluding hydrogens is 471 g/mol. The number of amides is 1. The van der Waals surface area contributed by atoms with Gasteiger partial charge < -0.3 is 9.64 Å². The molecule has 0 radical (unpaired) electrons. The predicted octanol–water partition coefficient (Wildman–Crippen LogP) is 4.44. The van der Waals surface area contributed by atoms with E-state index < -0.39 is 6.43 Å². The van der Waals surface area contributed by atoms with Gasteiger partial charge in [0.15, 0.2) is 5.65 Å². The lowest BCUT2D eigenvalue weighted by atomic mass is 10.1. The Balaban J connectivity index is 1.41. The molecule has 0 saturated carbocycles. The monoisotopic (exact) mass is 495 g/mol. The molecule has 0 aliphatic carbocycles. The zero-order chi connectivity index (χ0) is 25.2. The summed E-state index contributed by atoms with van der Waals surface area (Å²) in [7, 11) is 1.49. The first-order valence-electron chi connectivity index (χ1n) is 11.5. The number of methoxy groups -OCH3 is 1. The van der Waals surface area contributed by atoms with Gasteiger partial charge in [0.25, 0.3) is 12.3 Å². The molecule has 1 amide bonds. The Labute approximate surface area is 205 Å². The number of hydrogen-bond donors (Lipinski definition) is 0. The highest BCUT2D eigenvalue weighted by Crippen LogP contribution is 2.32. The minimum absolute atomic E-state index is 0.0625. The number of fused-ring (bicyclic) bond motifs is 1. The van der Waals surface area contributed by atoms with Crippen molar-refractivity contribution in [2.45, 2.75) is 13.0 Å². The van der Waals surface area contributed by atoms with Gasteiger partial charge in [-0.2, -0.15) is 5.10 Å². The fourth-order valence-electron chi connectivity index (χ4n) is 4.43. The first-order valence-corrected chi connectivity index (χ1v) is 11.5. The van der Waals surface area contributed by atoms with Crippen LogP contribution in [-0.2, 0) is 6.54 Å². The molecule has 0 N–H and O–H groups in total. The number of rotatable bonds is 6. The Hall–Kier alpha value is -3.92. The van der Waals surface area contributed by atoms with E-state index in [1.165, 1.54) is 25.4 Å². The molecule has 186 valence electrons. The van der Waals surface area contributed by atoms with Gasteiger partial charge in [-0.05, 0) is 24.3 Å². The van der Waals surface area contributed by atoms with Crippen LogP contribution in [0.15, 0.2) is 60.8 Å². The first kappa shape index (κ1) is 23.8. The van der Waals surface area contributed by atoms with Crippen LogP contribution >= 0.6 is 0 Å². The van der Waals surface area contributed by atoms with Crippen molar-refractivity contribution in [3.8, 4) is 17.0 Å². The van der Waals surface area contributed by atoms with Gasteiger partial charge in [-0.1, -0.05) is 30.3 Å². The Kier molecular flexibility index (Phi) is 6.60. The van der Waals surface area contributed by atoms with Gasteiger partial charge in [-0.15, -0.1) is 0 Å². The van der Waals surface area contributed by atoms with Crippen LogP contribution in [0.3, 0.4) is 0 Å². The molecule has 2 aromatic carbocycles. The maximum absolute atomic E-state index is 14.0. The molecule has 3 heterocycles. The van der Waals surface area contributed by atoms with Crippen LogP contribution in [0.4, 0.5) is 13.2 Å². The zero-order valence-electron chi connectivity index (χ0n) is 19.6. The highest BCUT2D eigenvalue weighted by Gasteiger charge is 2.27. The zero-order valence-corrected chi connectivity index (χ0v) is 19.6. The van der Waals surface area contributed by atoms with Gasteiger partial charge in [-0.3, -0.25) is 9.69 Å². The third-order valence-corrected chi connectivity index (χ3v) is 6.35. The molecule has 5 rings (SSSR count). The molecule has 0 unspecified atom stereocenters. The molecule has 0 bridgehead atoms. The molecule has 7 nitrogen and oxygen atoms in total. The summed E-state index contributed by atoms with van der Waals surface area (Å²) >= 11 is 0. The summed E-state index contributed by atoms with van der Waals surface area (Å²) in [5.74, 6) is -0.109. The third-order valence-electron chi connectivity index (χ3n) is 6.35. The maximum atomic E-state index is 14.0. The molecule has 1 fully saturated rings. The second-order valence-corrected chi connectivity index (χ2v) is 8.52. The van der Waals surface area contributed by atoms with Gasteiger partial charge >= 0.3 is 0 Å². The van der Waals surface area contributed by atoms with E-state index in [1.807, 2.05) is 0 Å². The van der Waals surface area contributed by atoms with E-state index >= 15 is 0 Å². The van der Waals surface area contributed by atoms with Crippen LogP contribution < -0.4 is 4.74 Å². The third kappa shape index (κ3) is 4.51. The van der Waals surface area contributed by atoms with Crippen molar-refractivity contribution in [3.63, 3.8) is 0 Å². The largest absolute Gasteiger partial charge is 0.496 e. The predicted molar refractivity (Wildman–Crippen MR) is 128 cm³/mol. The summed E-state index contributed by atoms with van der Waals surface area (Å²) in [4.78, 5) is 21.7. The van der Waals surface area contributed by atoms with Crippen molar-refractivity contribution in [1.29, 1.82) is 0 Å². The van der Waals surface area contributed by atoms with Gasteiger partial charge in [0, 0.05) is 43.9 Å². The van der Waals surface area contributed by atoms with Gasteiger partial charge in [0.2, 0.25) is 0 Å². The number of halogens is 3. The Bertz CT molecular complexity index is 1400. The van der Waals surface area contributed by atoms with Crippen LogP contribution in [0.1, 0.15) is 28.0 Å². The average molecular weight is 496 g/mol. The van der Waals surface area contributed by atoms with E-state index in [0.717, 1.165) is 4.52 Å². The standard InChI is InChI=1S/C26H24F3N5O2/c1-36-23-9-5-3-7-18(23)21-14-22(24(28)29)34-25(31-21)19(15-30-34)26(35)33-12-10-32(11-13-33)16-17-6-2-4-8-20(17)27/h2-9,14-15,24H,10-13,16H2,1H3. The molecule has 1 aliphatic heterocycles. The van der Waals surface area contributed by atoms with E-state index in [-0.39, 0.29) is 34.3 Å². The highest BCUT2D eigenvalue weighted by atomic mass is 19.3. The SMILES string of the molecule is COc1ccccc1-c1cc(C(F)F)n2ncc(C(=O)N3CCN(Cc4ccccc4F)CC3)c2n1. The Morgan fingerprint density at radius 1 is 1.06 bits per heavy atom. The van der Waals surface area contributed by atoms with E-state index in [1.54, 1.807) is 47.4 Å². The van der Waals surface area contributed by atoms with Crippen molar-refractivity contribution in [2.75, 3.05) is 33.3 Å². The summed E-state index contributed by atoms with van der Waals surface area (Å²) in [6.07, 6.45) is -1.54. The van der Waals surface area contributed by atoms with Crippen molar-refractivity contribution in [2.24, 2.45) is 0 Å². The van der Waals surface area contributed by atoms with E-state index in [9.17, 15) is 18.0 Å². The fraction of sp³-hybridized carbons (Fsp3) is 0.269. The molecule has 10 heteroatoms. The van der Waals surface area contributed by atoms with Gasteiger partial charge in [-0.25, -0.2) is 22.7 Å². The number of benzene rings is 2. The van der Waals surface area contributed by atoms with Crippen LogP contribution in [0.5, 0.6) is 5.75 Å². The van der Waals surface area contributed by atoms with Crippen LogP contribution in [0, 0.1) is 5.82 Å². The summed E-state index contributed by atoms with van der Waals surface area (Å²) in [6.45, 7) is 2.40. The van der Waals surface area contributed by atoms with Crippen LogP contribution in [-0.4, -0.2) is 63.6 Å². The number of carbonyl (C=O) groups is 1. The molecule has 1 aliphatic rings. The van der Waals surface area contributed by atoms with Gasteiger partial charge in [0.05, 0.1) is 19.0 Å². The summed E-state index contributed by atoms with van der Waals surface area (Å²) < 4.78 is 48.3. The normalized spacial score (nSPS) is 14.5. The number of nitrogens with zero attached hydrogens (tertiary/aromatic N) is 5. The quantitative estimate of drug-likeness (QED) is 0.396. The lowest BCUT2D eigenvalue weighted by Gasteiger charge is -2.34. The number of piperazine rings is 1. The van der Waals surface area contributed by atoms with Gasteiger partial charge in [0.1, 0.15) is 22.8 Å². The average Bonchev–Trinajstić information content (AvgIpc) is 3.33. The summed E-state index contributed by atoms with van der Waals surface area (Å²) in [5.41, 5.74) is 1.25. The molecule has 4 aromatic rings. The Morgan fingerprint density at radius 3 is 2.50 bits per heavy atom. The summed E-state index contributed by atoms with van der Waals surface area (Å²) in [6, 6.07) is 14.9. The molecule has 2 aromatic heterocycles. The maximum Gasteiger partial charge on any atom is 0.280 e. The van der Waals surface area contributed by atoms with E-state index in [4.69, 9.17) is 4.74 Å². The lowest BCUT2D eigenvalue weighted by molar-refractivity contribution is 0.0628. The van der Waals surface area contributed by atoms with Crippen molar-refractivity contribution in [3.05, 3.63) is 83.4 Å². The van der Waals surface area contributed by atoms with Crippen molar-refractivity contribution in [1.82, 2.24) is 24.4 Å². The number of aromatic nitrogens is 3. The Morgan fingerprint density at radius 2 is 1.78 bits per heavy atom. The minimum atomic E-state index is -2.83. The van der Waals surface area contributed by atoms with Crippen molar-refractivity contribution >= 4 is 11.6 Å². The molecule has 0 atom stereocenters. The second-order valence-electron chi connectivity index (χ2n) is 8.52. The first-order chi connectivity index (χ1) is 17.5. The second kappa shape index (κ2) is 9.98. The lowest BCUT2D eigenvalue weighted by Crippen LogP contribution is -2.48. The van der Waals surface area contributed by atoms with Crippen LogP contribution in [0.25, 0.3) is 16.9 Å². The van der Waals surface area contributed by atoms with Crippen molar-refractivity contribution < 1.29 is 22.7 Å². The minimum Gasteiger partial charge on any atom is -0.496 e. The summed E-state index contributed by atoms with van der Waals surface area (Å²) in [5, 5.41) is 4.06. The topological polar surface area (TPSA) is 63.0 Å². The fourth-order valence-corrected chi connectivity index (χ4v) is 4.43. The number of carbonyl (C=O) groups excluding carboxylic acids is 1. The highest BCUT2D eigenvalue weighted by molar-refractivity contribution is 6.00. The number of para-hydroxylation sites is 1. The number of ether oxygens (including phenoxy) is 1. The number of alkyl halides is 2.